The summed E-state index contributed by atoms with van der Waals surface area (Å²) in [5.74, 6) is -0.0973. The monoisotopic (exact) mass is 352 g/mol. The predicted molar refractivity (Wildman–Crippen MR) is 103 cm³/mol. The minimum absolute atomic E-state index is 0.0973. The second-order valence-electron chi connectivity index (χ2n) is 7.10. The van der Waals surface area contributed by atoms with Gasteiger partial charge in [0.05, 0.1) is 12.5 Å². The molecule has 4 nitrogen and oxygen atoms in total. The highest BCUT2D eigenvalue weighted by molar-refractivity contribution is 5.83. The zero-order valence-electron chi connectivity index (χ0n) is 15.6. The van der Waals surface area contributed by atoms with Crippen molar-refractivity contribution < 1.29 is 9.53 Å². The SMILES string of the molecule is COC(=O)C1(c2ccccc2)CCN(CCCCc2cccnc2)CC1. The number of nitrogens with zero attached hydrogens (tertiary/aromatic N) is 2. The third-order valence-corrected chi connectivity index (χ3v) is 5.52. The molecule has 3 rings (SSSR count). The van der Waals surface area contributed by atoms with Gasteiger partial charge in [0.25, 0.3) is 0 Å². The van der Waals surface area contributed by atoms with Crippen LogP contribution in [-0.2, 0) is 21.4 Å². The molecule has 2 aromatic rings. The Hall–Kier alpha value is -2.20. The molecule has 0 radical (unpaired) electrons. The highest BCUT2D eigenvalue weighted by atomic mass is 16.5. The normalized spacial score (nSPS) is 17.0. The van der Waals surface area contributed by atoms with Crippen LogP contribution in [0.2, 0.25) is 0 Å². The summed E-state index contributed by atoms with van der Waals surface area (Å²) in [5.41, 5.74) is 1.91. The van der Waals surface area contributed by atoms with Crippen LogP contribution in [0, 0.1) is 0 Å². The molecule has 1 aliphatic heterocycles. The van der Waals surface area contributed by atoms with Gasteiger partial charge in [0, 0.05) is 12.4 Å². The number of aryl methyl sites for hydroxylation is 1. The molecule has 1 aliphatic rings. The van der Waals surface area contributed by atoms with E-state index in [9.17, 15) is 4.79 Å². The van der Waals surface area contributed by atoms with Gasteiger partial charge in [-0.15, -0.1) is 0 Å². The summed E-state index contributed by atoms with van der Waals surface area (Å²) in [6.07, 6.45) is 8.84. The van der Waals surface area contributed by atoms with Crippen molar-refractivity contribution in [3.8, 4) is 0 Å². The number of unbranched alkanes of at least 4 members (excludes halogenated alkanes) is 1. The van der Waals surface area contributed by atoms with Gasteiger partial charge >= 0.3 is 5.97 Å². The Morgan fingerprint density at radius 1 is 1.12 bits per heavy atom. The number of aromatic nitrogens is 1. The molecule has 1 aromatic carbocycles. The molecule has 0 bridgehead atoms. The number of piperidine rings is 1. The minimum atomic E-state index is -0.484. The average molecular weight is 352 g/mol. The van der Waals surface area contributed by atoms with Crippen molar-refractivity contribution in [2.45, 2.75) is 37.5 Å². The average Bonchev–Trinajstić information content (AvgIpc) is 2.72. The molecule has 0 amide bonds. The molecule has 2 heterocycles. The number of methoxy groups -OCH3 is 1. The van der Waals surface area contributed by atoms with E-state index >= 15 is 0 Å². The summed E-state index contributed by atoms with van der Waals surface area (Å²) in [6, 6.07) is 14.2. The highest BCUT2D eigenvalue weighted by Gasteiger charge is 2.43. The van der Waals surface area contributed by atoms with E-state index in [0.717, 1.165) is 44.5 Å². The van der Waals surface area contributed by atoms with E-state index < -0.39 is 5.41 Å². The Morgan fingerprint density at radius 3 is 2.54 bits per heavy atom. The molecule has 1 saturated heterocycles. The first kappa shape index (κ1) is 18.6. The molecule has 1 fully saturated rings. The van der Waals surface area contributed by atoms with E-state index in [1.54, 1.807) is 0 Å². The van der Waals surface area contributed by atoms with E-state index in [-0.39, 0.29) is 5.97 Å². The van der Waals surface area contributed by atoms with Crippen molar-refractivity contribution in [3.63, 3.8) is 0 Å². The molecule has 0 unspecified atom stereocenters. The number of hydrogen-bond donors (Lipinski definition) is 0. The van der Waals surface area contributed by atoms with E-state index in [4.69, 9.17) is 4.74 Å². The lowest BCUT2D eigenvalue weighted by atomic mass is 9.72. The quantitative estimate of drug-likeness (QED) is 0.564. The molecular weight excluding hydrogens is 324 g/mol. The number of rotatable bonds is 7. The lowest BCUT2D eigenvalue weighted by Gasteiger charge is -2.40. The number of esters is 1. The fourth-order valence-corrected chi connectivity index (χ4v) is 3.93. The lowest BCUT2D eigenvalue weighted by Crippen LogP contribution is -2.48. The maximum Gasteiger partial charge on any atom is 0.316 e. The molecular formula is C22H28N2O2. The summed E-state index contributed by atoms with van der Waals surface area (Å²) in [6.45, 7) is 2.97. The van der Waals surface area contributed by atoms with Gasteiger partial charge in [0.1, 0.15) is 0 Å². The smallest absolute Gasteiger partial charge is 0.316 e. The molecule has 0 spiro atoms. The fourth-order valence-electron chi connectivity index (χ4n) is 3.93. The number of benzene rings is 1. The first-order chi connectivity index (χ1) is 12.7. The Balaban J connectivity index is 1.51. The Labute approximate surface area is 156 Å². The first-order valence-corrected chi connectivity index (χ1v) is 9.50. The zero-order valence-corrected chi connectivity index (χ0v) is 15.6. The standard InChI is InChI=1S/C22H28N2O2/c1-26-21(25)22(20-10-3-2-4-11-20)12-16-24(17-13-22)15-6-5-8-19-9-7-14-23-18-19/h2-4,7,9-11,14,18H,5-6,8,12-13,15-17H2,1H3. The number of carbonyl (C=O) groups excluding carboxylic acids is 1. The van der Waals surface area contributed by atoms with E-state index in [1.165, 1.54) is 25.5 Å². The molecule has 0 N–H and O–H groups in total. The van der Waals surface area contributed by atoms with Gasteiger partial charge in [-0.3, -0.25) is 9.78 Å². The second-order valence-corrected chi connectivity index (χ2v) is 7.10. The Bertz CT molecular complexity index is 680. The summed E-state index contributed by atoms with van der Waals surface area (Å²) >= 11 is 0. The van der Waals surface area contributed by atoms with Crippen LogP contribution in [0.25, 0.3) is 0 Å². The maximum atomic E-state index is 12.6. The highest BCUT2D eigenvalue weighted by Crippen LogP contribution is 2.36. The predicted octanol–water partition coefficient (Wildman–Crippen LogP) is 3.61. The summed E-state index contributed by atoms with van der Waals surface area (Å²) in [7, 11) is 1.50. The maximum absolute atomic E-state index is 12.6. The molecule has 0 saturated carbocycles. The van der Waals surface area contributed by atoms with Crippen LogP contribution < -0.4 is 0 Å². The van der Waals surface area contributed by atoms with Crippen LogP contribution in [0.1, 0.15) is 36.8 Å². The fraction of sp³-hybridized carbons (Fsp3) is 0.455. The van der Waals surface area contributed by atoms with Gasteiger partial charge in [-0.25, -0.2) is 0 Å². The third kappa shape index (κ3) is 4.31. The lowest BCUT2D eigenvalue weighted by molar-refractivity contribution is -0.149. The molecule has 1 aromatic heterocycles. The molecule has 26 heavy (non-hydrogen) atoms. The van der Waals surface area contributed by atoms with Gasteiger partial charge < -0.3 is 9.64 Å². The first-order valence-electron chi connectivity index (χ1n) is 9.50. The van der Waals surface area contributed by atoms with Crippen LogP contribution in [0.4, 0.5) is 0 Å². The van der Waals surface area contributed by atoms with Crippen molar-refractivity contribution in [3.05, 3.63) is 66.0 Å². The molecule has 4 heteroatoms. The molecule has 0 aliphatic carbocycles. The van der Waals surface area contributed by atoms with E-state index in [2.05, 4.69) is 28.1 Å². The summed E-state index contributed by atoms with van der Waals surface area (Å²) in [5, 5.41) is 0. The van der Waals surface area contributed by atoms with Crippen molar-refractivity contribution in [2.75, 3.05) is 26.7 Å². The van der Waals surface area contributed by atoms with Crippen LogP contribution in [0.5, 0.6) is 0 Å². The number of carbonyl (C=O) groups is 1. The zero-order chi connectivity index (χ0) is 18.2. The van der Waals surface area contributed by atoms with Crippen LogP contribution >= 0.6 is 0 Å². The van der Waals surface area contributed by atoms with Crippen LogP contribution in [0.15, 0.2) is 54.9 Å². The van der Waals surface area contributed by atoms with Crippen molar-refractivity contribution in [2.24, 2.45) is 0 Å². The van der Waals surface area contributed by atoms with Crippen molar-refractivity contribution in [1.82, 2.24) is 9.88 Å². The number of ether oxygens (including phenoxy) is 1. The number of likely N-dealkylation sites (tertiary alicyclic amines) is 1. The third-order valence-electron chi connectivity index (χ3n) is 5.52. The van der Waals surface area contributed by atoms with Gasteiger partial charge in [-0.1, -0.05) is 36.4 Å². The van der Waals surface area contributed by atoms with Gasteiger partial charge in [-0.2, -0.15) is 0 Å². The number of pyridine rings is 1. The van der Waals surface area contributed by atoms with Crippen LogP contribution in [-0.4, -0.2) is 42.6 Å². The van der Waals surface area contributed by atoms with Gasteiger partial charge in [0.2, 0.25) is 0 Å². The summed E-state index contributed by atoms with van der Waals surface area (Å²) in [4.78, 5) is 19.2. The van der Waals surface area contributed by atoms with Gasteiger partial charge in [0.15, 0.2) is 0 Å². The largest absolute Gasteiger partial charge is 0.468 e. The van der Waals surface area contributed by atoms with Crippen LogP contribution in [0.3, 0.4) is 0 Å². The Morgan fingerprint density at radius 2 is 1.88 bits per heavy atom. The topological polar surface area (TPSA) is 42.4 Å². The second kappa shape index (κ2) is 8.95. The summed E-state index contributed by atoms with van der Waals surface area (Å²) < 4.78 is 5.17. The number of hydrogen-bond acceptors (Lipinski definition) is 4. The minimum Gasteiger partial charge on any atom is -0.468 e. The van der Waals surface area contributed by atoms with Gasteiger partial charge in [-0.05, 0) is 68.9 Å². The Kier molecular flexibility index (Phi) is 6.40. The molecule has 138 valence electrons. The molecule has 0 atom stereocenters. The van der Waals surface area contributed by atoms with Crippen molar-refractivity contribution >= 4 is 5.97 Å². The van der Waals surface area contributed by atoms with Crippen molar-refractivity contribution in [1.29, 1.82) is 0 Å². The van der Waals surface area contributed by atoms with E-state index in [1.807, 2.05) is 36.7 Å². The van der Waals surface area contributed by atoms with E-state index in [0.29, 0.717) is 0 Å².